The van der Waals surface area contributed by atoms with E-state index >= 15 is 0 Å². The molecule has 0 amide bonds. The Bertz CT molecular complexity index is 868. The number of hydrogen-bond donors (Lipinski definition) is 2. The monoisotopic (exact) mass is 331 g/mol. The second-order valence-corrected chi connectivity index (χ2v) is 5.84. The molecule has 1 atom stereocenters. The first-order valence-corrected chi connectivity index (χ1v) is 7.69. The number of aliphatic hydroxyl groups excluding tert-OH is 1. The highest BCUT2D eigenvalue weighted by atomic mass is 35.5. The Morgan fingerprint density at radius 1 is 1.13 bits per heavy atom. The lowest BCUT2D eigenvalue weighted by molar-refractivity contribution is 0.0921. The quantitative estimate of drug-likeness (QED) is 0.754. The van der Waals surface area contributed by atoms with Gasteiger partial charge in [-0.15, -0.1) is 0 Å². The number of aryl methyl sites for hydroxylation is 1. The molecule has 0 spiro atoms. The Kier molecular flexibility index (Phi) is 4.41. The van der Waals surface area contributed by atoms with E-state index in [-0.39, 0.29) is 6.61 Å². The molecular formula is C17H18ClN3O2. The minimum Gasteiger partial charge on any atom is -0.491 e. The zero-order chi connectivity index (χ0) is 16.4. The van der Waals surface area contributed by atoms with Gasteiger partial charge in [0.1, 0.15) is 18.5 Å². The first-order valence-electron chi connectivity index (χ1n) is 7.31. The lowest BCUT2D eigenvalue weighted by atomic mass is 10.3. The van der Waals surface area contributed by atoms with Crippen LogP contribution in [0.4, 0.5) is 0 Å². The number of hydrogen-bond acceptors (Lipinski definition) is 3. The third-order valence-electron chi connectivity index (χ3n) is 3.76. The summed E-state index contributed by atoms with van der Waals surface area (Å²) < 4.78 is 9.14. The molecule has 2 N–H and O–H groups in total. The Morgan fingerprint density at radius 3 is 2.48 bits per heavy atom. The molecule has 0 fully saturated rings. The number of halogens is 1. The van der Waals surface area contributed by atoms with Crippen molar-refractivity contribution < 1.29 is 9.84 Å². The van der Waals surface area contributed by atoms with Crippen molar-refractivity contribution in [2.45, 2.75) is 12.6 Å². The molecule has 0 radical (unpaired) electrons. The van der Waals surface area contributed by atoms with Crippen molar-refractivity contribution in [2.24, 2.45) is 7.05 Å². The second-order valence-electron chi connectivity index (χ2n) is 5.40. The minimum atomic E-state index is -0.717. The summed E-state index contributed by atoms with van der Waals surface area (Å²) in [7, 11) is 1.84. The van der Waals surface area contributed by atoms with Gasteiger partial charge >= 0.3 is 0 Å². The van der Waals surface area contributed by atoms with Gasteiger partial charge in [0, 0.05) is 12.1 Å². The maximum Gasteiger partial charge on any atom is 0.202 e. The fourth-order valence-electron chi connectivity index (χ4n) is 2.56. The van der Waals surface area contributed by atoms with Gasteiger partial charge in [-0.1, -0.05) is 23.7 Å². The summed E-state index contributed by atoms with van der Waals surface area (Å²) in [5, 5.41) is 19.1. The van der Waals surface area contributed by atoms with Gasteiger partial charge in [0.25, 0.3) is 0 Å². The summed E-state index contributed by atoms with van der Waals surface area (Å²) in [6.45, 7) is 0.449. The molecule has 1 aromatic heterocycles. The summed E-state index contributed by atoms with van der Waals surface area (Å²) in [5.74, 6) is 0.655. The van der Waals surface area contributed by atoms with Crippen molar-refractivity contribution in [3.63, 3.8) is 0 Å². The van der Waals surface area contributed by atoms with Crippen LogP contribution >= 0.6 is 11.6 Å². The second kappa shape index (κ2) is 6.48. The Hall–Kier alpha value is -2.24. The first-order chi connectivity index (χ1) is 11.1. The predicted molar refractivity (Wildman–Crippen MR) is 89.7 cm³/mol. The highest BCUT2D eigenvalue weighted by molar-refractivity contribution is 6.30. The molecule has 120 valence electrons. The van der Waals surface area contributed by atoms with Crippen LogP contribution in [0.3, 0.4) is 0 Å². The highest BCUT2D eigenvalue weighted by Gasteiger charge is 2.12. The molecule has 1 unspecified atom stereocenters. The van der Waals surface area contributed by atoms with Gasteiger partial charge in [-0.25, -0.2) is 0 Å². The number of nitrogens with one attached hydrogen (secondary N) is 1. The summed E-state index contributed by atoms with van der Waals surface area (Å²) in [6.07, 6.45) is -0.717. The van der Waals surface area contributed by atoms with E-state index in [1.54, 1.807) is 33.4 Å². The Morgan fingerprint density at radius 2 is 1.78 bits per heavy atom. The fraction of sp³-hybridized carbons (Fsp3) is 0.235. The molecule has 0 saturated carbocycles. The van der Waals surface area contributed by atoms with E-state index in [2.05, 4.69) is 0 Å². The van der Waals surface area contributed by atoms with Crippen LogP contribution in [0.15, 0.2) is 48.5 Å². The lowest BCUT2D eigenvalue weighted by Crippen LogP contribution is -2.30. The van der Waals surface area contributed by atoms with E-state index in [1.807, 2.05) is 31.3 Å². The van der Waals surface area contributed by atoms with Crippen molar-refractivity contribution in [3.8, 4) is 5.75 Å². The van der Waals surface area contributed by atoms with Crippen LogP contribution in [-0.4, -0.2) is 27.0 Å². The predicted octanol–water partition coefficient (Wildman–Crippen LogP) is 2.55. The lowest BCUT2D eigenvalue weighted by Gasteiger charge is -2.13. The maximum atomic E-state index is 10.2. The molecule has 3 aromatic rings. The van der Waals surface area contributed by atoms with E-state index < -0.39 is 6.10 Å². The first kappa shape index (κ1) is 15.6. The molecule has 0 aliphatic heterocycles. The highest BCUT2D eigenvalue weighted by Crippen LogP contribution is 2.16. The van der Waals surface area contributed by atoms with Crippen molar-refractivity contribution in [1.82, 2.24) is 9.13 Å². The van der Waals surface area contributed by atoms with E-state index in [4.69, 9.17) is 21.7 Å². The number of fused-ring (bicyclic) bond motifs is 1. The number of para-hydroxylation sites is 2. The van der Waals surface area contributed by atoms with E-state index in [0.717, 1.165) is 11.0 Å². The van der Waals surface area contributed by atoms with Crippen LogP contribution in [0.25, 0.3) is 11.0 Å². The van der Waals surface area contributed by atoms with Gasteiger partial charge < -0.3 is 19.0 Å². The number of imidazole rings is 1. The average Bonchev–Trinajstić information content (AvgIpc) is 2.80. The molecule has 0 bridgehead atoms. The number of rotatable bonds is 5. The third kappa shape index (κ3) is 3.25. The maximum absolute atomic E-state index is 10.2. The molecule has 0 aliphatic carbocycles. The zero-order valence-electron chi connectivity index (χ0n) is 12.7. The summed E-state index contributed by atoms with van der Waals surface area (Å²) in [5.41, 5.74) is 2.23. The van der Waals surface area contributed by atoms with E-state index in [0.29, 0.717) is 22.9 Å². The molecule has 6 heteroatoms. The standard InChI is InChI=1S/C17H18ClN3O2/c1-20-15-4-2-3-5-16(15)21(17(20)19)10-13(22)11-23-14-8-6-12(18)7-9-14/h2-9,13,19,22H,10-11H2,1H3. The summed E-state index contributed by atoms with van der Waals surface area (Å²) in [4.78, 5) is 0. The van der Waals surface area contributed by atoms with Crippen molar-refractivity contribution in [2.75, 3.05) is 6.61 Å². The van der Waals surface area contributed by atoms with Crippen LogP contribution < -0.4 is 10.4 Å². The van der Waals surface area contributed by atoms with Crippen LogP contribution in [-0.2, 0) is 13.6 Å². The molecule has 1 heterocycles. The number of nitrogens with zero attached hydrogens (tertiary/aromatic N) is 2. The molecular weight excluding hydrogens is 314 g/mol. The largest absolute Gasteiger partial charge is 0.491 e. The summed E-state index contributed by atoms with van der Waals surface area (Å²) in [6, 6.07) is 14.8. The van der Waals surface area contributed by atoms with Gasteiger partial charge in [-0.2, -0.15) is 0 Å². The molecule has 0 aliphatic rings. The third-order valence-corrected chi connectivity index (χ3v) is 4.01. The topological polar surface area (TPSA) is 63.2 Å². The molecule has 23 heavy (non-hydrogen) atoms. The smallest absolute Gasteiger partial charge is 0.202 e. The number of aromatic nitrogens is 2. The zero-order valence-corrected chi connectivity index (χ0v) is 13.5. The molecule has 2 aromatic carbocycles. The van der Waals surface area contributed by atoms with E-state index in [9.17, 15) is 5.11 Å². The average molecular weight is 332 g/mol. The van der Waals surface area contributed by atoms with Gasteiger partial charge in [0.2, 0.25) is 5.62 Å². The van der Waals surface area contributed by atoms with Crippen LogP contribution in [0, 0.1) is 5.41 Å². The Balaban J connectivity index is 1.73. The molecule has 3 rings (SSSR count). The minimum absolute atomic E-state index is 0.150. The van der Waals surface area contributed by atoms with Crippen LogP contribution in [0.2, 0.25) is 5.02 Å². The van der Waals surface area contributed by atoms with Crippen LogP contribution in [0.5, 0.6) is 5.75 Å². The van der Waals surface area contributed by atoms with E-state index in [1.165, 1.54) is 0 Å². The molecule has 5 nitrogen and oxygen atoms in total. The Labute approximate surface area is 138 Å². The van der Waals surface area contributed by atoms with Crippen molar-refractivity contribution in [1.29, 1.82) is 5.41 Å². The number of ether oxygens (including phenoxy) is 1. The van der Waals surface area contributed by atoms with Crippen LogP contribution in [0.1, 0.15) is 0 Å². The number of aliphatic hydroxyl groups is 1. The van der Waals surface area contributed by atoms with Gasteiger partial charge in [0.05, 0.1) is 17.6 Å². The normalized spacial score (nSPS) is 12.5. The van der Waals surface area contributed by atoms with Gasteiger partial charge in [0.15, 0.2) is 0 Å². The summed E-state index contributed by atoms with van der Waals surface area (Å²) >= 11 is 5.83. The fourth-order valence-corrected chi connectivity index (χ4v) is 2.68. The molecule has 0 saturated heterocycles. The van der Waals surface area contributed by atoms with Gasteiger partial charge in [-0.3, -0.25) is 5.41 Å². The van der Waals surface area contributed by atoms with Gasteiger partial charge in [-0.05, 0) is 36.4 Å². The van der Waals surface area contributed by atoms with Crippen molar-refractivity contribution >= 4 is 22.6 Å². The number of benzene rings is 2. The SMILES string of the molecule is Cn1c(=N)n(CC(O)COc2ccc(Cl)cc2)c2ccccc21. The van der Waals surface area contributed by atoms with Crippen molar-refractivity contribution in [3.05, 3.63) is 59.2 Å².